The molecule has 1 aromatic heterocycles. The van der Waals surface area contributed by atoms with E-state index in [-0.39, 0.29) is 11.9 Å². The van der Waals surface area contributed by atoms with Gasteiger partial charge in [0.2, 0.25) is 0 Å². The number of nitrogens with zero attached hydrogens (tertiary/aromatic N) is 1. The summed E-state index contributed by atoms with van der Waals surface area (Å²) in [6, 6.07) is 0. The van der Waals surface area contributed by atoms with Gasteiger partial charge >= 0.3 is 5.97 Å². The number of ether oxygens (including phenoxy) is 1. The Balaban J connectivity index is 2.16. The third-order valence-electron chi connectivity index (χ3n) is 3.84. The number of piperidine rings is 1. The number of hydrogen-bond donors (Lipinski definition) is 1. The summed E-state index contributed by atoms with van der Waals surface area (Å²) < 4.78 is 4.85. The zero-order chi connectivity index (χ0) is 14.0. The van der Waals surface area contributed by atoms with Crippen LogP contribution in [0.25, 0.3) is 0 Å². The van der Waals surface area contributed by atoms with Crippen molar-refractivity contribution in [3.63, 3.8) is 0 Å². The van der Waals surface area contributed by atoms with E-state index in [1.165, 1.54) is 7.11 Å². The van der Waals surface area contributed by atoms with Crippen LogP contribution in [0.1, 0.15) is 35.7 Å². The summed E-state index contributed by atoms with van der Waals surface area (Å²) in [6.45, 7) is 4.87. The molecular weight excluding hydrogens is 244 g/mol. The summed E-state index contributed by atoms with van der Waals surface area (Å²) in [5.74, 6) is -0.260. The molecule has 0 unspecified atom stereocenters. The lowest BCUT2D eigenvalue weighted by atomic mass is 9.81. The Kier molecular flexibility index (Phi) is 3.64. The van der Waals surface area contributed by atoms with E-state index in [0.717, 1.165) is 18.4 Å². The zero-order valence-corrected chi connectivity index (χ0v) is 11.7. The number of likely N-dealkylation sites (tertiary alicyclic amines) is 1. The summed E-state index contributed by atoms with van der Waals surface area (Å²) in [6.07, 6.45) is 5.09. The molecule has 0 spiro atoms. The number of amides is 1. The fraction of sp³-hybridized carbons (Fsp3) is 0.571. The van der Waals surface area contributed by atoms with Gasteiger partial charge in [0.15, 0.2) is 0 Å². The Labute approximate surface area is 112 Å². The highest BCUT2D eigenvalue weighted by Crippen LogP contribution is 2.31. The highest BCUT2D eigenvalue weighted by Gasteiger charge is 2.40. The number of carbonyl (C=O) groups is 2. The van der Waals surface area contributed by atoms with Gasteiger partial charge in [-0.25, -0.2) is 0 Å². The van der Waals surface area contributed by atoms with Crippen LogP contribution >= 0.6 is 0 Å². The molecular formula is C14H20N2O3. The SMILES string of the molecule is COC(=O)[C@]1(C)CCCN(C(=O)c2c[nH]cc2C)C1. The average Bonchev–Trinajstić information content (AvgIpc) is 2.83. The molecule has 2 heterocycles. The van der Waals surface area contributed by atoms with Crippen LogP contribution in [0.2, 0.25) is 0 Å². The Bertz CT molecular complexity index is 495. The molecule has 0 radical (unpaired) electrons. The predicted molar refractivity (Wildman–Crippen MR) is 70.8 cm³/mol. The molecule has 1 saturated heterocycles. The number of nitrogens with one attached hydrogen (secondary N) is 1. The van der Waals surface area contributed by atoms with Crippen molar-refractivity contribution >= 4 is 11.9 Å². The minimum atomic E-state index is -0.590. The smallest absolute Gasteiger partial charge is 0.313 e. The number of rotatable bonds is 2. The first kappa shape index (κ1) is 13.6. The van der Waals surface area contributed by atoms with E-state index in [1.54, 1.807) is 17.3 Å². The number of methoxy groups -OCH3 is 1. The number of esters is 1. The number of hydrogen-bond acceptors (Lipinski definition) is 3. The van der Waals surface area contributed by atoms with Gasteiger partial charge in [0, 0.05) is 25.5 Å². The lowest BCUT2D eigenvalue weighted by Gasteiger charge is -2.38. The van der Waals surface area contributed by atoms with Crippen molar-refractivity contribution in [2.24, 2.45) is 5.41 Å². The summed E-state index contributed by atoms with van der Waals surface area (Å²) >= 11 is 0. The summed E-state index contributed by atoms with van der Waals surface area (Å²) in [4.78, 5) is 29.0. The minimum absolute atomic E-state index is 0.0198. The van der Waals surface area contributed by atoms with Crippen LogP contribution in [0.3, 0.4) is 0 Å². The molecule has 1 atom stereocenters. The van der Waals surface area contributed by atoms with E-state index in [0.29, 0.717) is 18.7 Å². The van der Waals surface area contributed by atoms with Gasteiger partial charge in [-0.2, -0.15) is 0 Å². The molecule has 1 aliphatic heterocycles. The largest absolute Gasteiger partial charge is 0.469 e. The van der Waals surface area contributed by atoms with Crippen molar-refractivity contribution < 1.29 is 14.3 Å². The first-order valence-electron chi connectivity index (χ1n) is 6.49. The van der Waals surface area contributed by atoms with Crippen LogP contribution in [0, 0.1) is 12.3 Å². The van der Waals surface area contributed by atoms with Crippen LogP contribution in [-0.4, -0.2) is 42.0 Å². The Morgan fingerprint density at radius 1 is 1.42 bits per heavy atom. The topological polar surface area (TPSA) is 62.4 Å². The van der Waals surface area contributed by atoms with Gasteiger partial charge in [-0.3, -0.25) is 9.59 Å². The normalized spacial score (nSPS) is 23.2. The lowest BCUT2D eigenvalue weighted by Crippen LogP contribution is -2.48. The first-order chi connectivity index (χ1) is 8.98. The predicted octanol–water partition coefficient (Wildman–Crippen LogP) is 1.74. The maximum absolute atomic E-state index is 12.4. The monoisotopic (exact) mass is 264 g/mol. The third-order valence-corrected chi connectivity index (χ3v) is 3.84. The van der Waals surface area contributed by atoms with E-state index < -0.39 is 5.41 Å². The second-order valence-corrected chi connectivity index (χ2v) is 5.43. The van der Waals surface area contributed by atoms with Gasteiger partial charge in [-0.1, -0.05) is 0 Å². The van der Waals surface area contributed by atoms with E-state index in [2.05, 4.69) is 4.98 Å². The number of aromatic nitrogens is 1. The van der Waals surface area contributed by atoms with Gasteiger partial charge in [0.1, 0.15) is 0 Å². The molecule has 1 fully saturated rings. The molecule has 0 bridgehead atoms. The molecule has 1 aliphatic rings. The van der Waals surface area contributed by atoms with E-state index in [9.17, 15) is 9.59 Å². The van der Waals surface area contributed by atoms with Crippen LogP contribution in [-0.2, 0) is 9.53 Å². The summed E-state index contributed by atoms with van der Waals surface area (Å²) in [5.41, 5.74) is 1.01. The third kappa shape index (κ3) is 2.50. The first-order valence-corrected chi connectivity index (χ1v) is 6.49. The van der Waals surface area contributed by atoms with Gasteiger partial charge in [-0.05, 0) is 32.3 Å². The molecule has 1 aromatic rings. The van der Waals surface area contributed by atoms with E-state index >= 15 is 0 Å². The van der Waals surface area contributed by atoms with Gasteiger partial charge in [0.25, 0.3) is 5.91 Å². The fourth-order valence-electron chi connectivity index (χ4n) is 2.67. The highest BCUT2D eigenvalue weighted by molar-refractivity contribution is 5.96. The zero-order valence-electron chi connectivity index (χ0n) is 11.7. The number of aryl methyl sites for hydroxylation is 1. The molecule has 1 N–H and O–H groups in total. The Morgan fingerprint density at radius 2 is 2.16 bits per heavy atom. The van der Waals surface area contributed by atoms with Gasteiger partial charge in [-0.15, -0.1) is 0 Å². The van der Waals surface area contributed by atoms with Crippen LogP contribution in [0.5, 0.6) is 0 Å². The van der Waals surface area contributed by atoms with Crippen LogP contribution in [0.4, 0.5) is 0 Å². The maximum Gasteiger partial charge on any atom is 0.313 e. The lowest BCUT2D eigenvalue weighted by molar-refractivity contribution is -0.154. The van der Waals surface area contributed by atoms with Gasteiger partial charge in [0.05, 0.1) is 18.1 Å². The molecule has 0 aromatic carbocycles. The van der Waals surface area contributed by atoms with Crippen molar-refractivity contribution in [2.45, 2.75) is 26.7 Å². The molecule has 0 aliphatic carbocycles. The number of carbonyl (C=O) groups excluding carboxylic acids is 2. The molecule has 19 heavy (non-hydrogen) atoms. The number of aromatic amines is 1. The second-order valence-electron chi connectivity index (χ2n) is 5.43. The van der Waals surface area contributed by atoms with Crippen molar-refractivity contribution in [1.82, 2.24) is 9.88 Å². The molecule has 0 saturated carbocycles. The standard InChI is InChI=1S/C14H20N2O3/c1-10-7-15-8-11(10)12(17)16-6-4-5-14(2,9-16)13(18)19-3/h7-8,15H,4-6,9H2,1-3H3/t14-/m1/s1. The highest BCUT2D eigenvalue weighted by atomic mass is 16.5. The Morgan fingerprint density at radius 3 is 2.74 bits per heavy atom. The van der Waals surface area contributed by atoms with E-state index in [4.69, 9.17) is 4.74 Å². The molecule has 1 amide bonds. The average molecular weight is 264 g/mol. The van der Waals surface area contributed by atoms with Crippen molar-refractivity contribution in [3.05, 3.63) is 23.5 Å². The Hall–Kier alpha value is -1.78. The summed E-state index contributed by atoms with van der Waals surface area (Å²) in [5, 5.41) is 0. The molecule has 2 rings (SSSR count). The second kappa shape index (κ2) is 5.07. The van der Waals surface area contributed by atoms with Crippen molar-refractivity contribution in [1.29, 1.82) is 0 Å². The fourth-order valence-corrected chi connectivity index (χ4v) is 2.67. The maximum atomic E-state index is 12.4. The van der Waals surface area contributed by atoms with Crippen LogP contribution in [0.15, 0.2) is 12.4 Å². The van der Waals surface area contributed by atoms with Crippen LogP contribution < -0.4 is 0 Å². The molecule has 5 heteroatoms. The minimum Gasteiger partial charge on any atom is -0.469 e. The number of H-pyrrole nitrogens is 1. The molecule has 5 nitrogen and oxygen atoms in total. The molecule has 104 valence electrons. The quantitative estimate of drug-likeness (QED) is 0.828. The van der Waals surface area contributed by atoms with Crippen molar-refractivity contribution in [2.75, 3.05) is 20.2 Å². The van der Waals surface area contributed by atoms with Gasteiger partial charge < -0.3 is 14.6 Å². The van der Waals surface area contributed by atoms with E-state index in [1.807, 2.05) is 13.8 Å². The van der Waals surface area contributed by atoms with Crippen molar-refractivity contribution in [3.8, 4) is 0 Å². The summed E-state index contributed by atoms with van der Waals surface area (Å²) in [7, 11) is 1.39.